The van der Waals surface area contributed by atoms with Crippen molar-refractivity contribution in [3.63, 3.8) is 0 Å². The number of carbonyl (C=O) groups is 1. The smallest absolute Gasteiger partial charge is 0.244 e. The monoisotopic (exact) mass is 280 g/mol. The van der Waals surface area contributed by atoms with Crippen LogP contribution in [0.4, 0.5) is 0 Å². The van der Waals surface area contributed by atoms with Gasteiger partial charge in [-0.3, -0.25) is 10.1 Å². The summed E-state index contributed by atoms with van der Waals surface area (Å²) in [4.78, 5) is 14.7. The van der Waals surface area contributed by atoms with Crippen LogP contribution in [0.2, 0.25) is 0 Å². The van der Waals surface area contributed by atoms with Crippen molar-refractivity contribution in [1.29, 1.82) is 0 Å². The fourth-order valence-electron chi connectivity index (χ4n) is 3.31. The van der Waals surface area contributed by atoms with Crippen molar-refractivity contribution in [1.82, 2.24) is 10.2 Å². The van der Waals surface area contributed by atoms with Crippen molar-refractivity contribution in [2.24, 2.45) is 5.92 Å². The van der Waals surface area contributed by atoms with Gasteiger partial charge in [-0.05, 0) is 31.6 Å². The number of nitrogens with one attached hydrogen (secondary N) is 1. The zero-order valence-electron chi connectivity index (χ0n) is 13.6. The van der Waals surface area contributed by atoms with E-state index in [1.165, 1.54) is 38.5 Å². The van der Waals surface area contributed by atoms with Crippen molar-refractivity contribution >= 4 is 5.91 Å². The van der Waals surface area contributed by atoms with Crippen LogP contribution in [0, 0.1) is 5.92 Å². The summed E-state index contributed by atoms with van der Waals surface area (Å²) in [7, 11) is 0. The Bertz CT molecular complexity index is 323. The first-order valence-electron chi connectivity index (χ1n) is 8.68. The molecule has 1 heterocycles. The zero-order chi connectivity index (χ0) is 14.6. The fraction of sp³-hybridized carbons (Fsp3) is 0.941. The maximum Gasteiger partial charge on any atom is 0.244 e. The zero-order valence-corrected chi connectivity index (χ0v) is 13.6. The average Bonchev–Trinajstić information content (AvgIpc) is 3.12. The van der Waals surface area contributed by atoms with Crippen molar-refractivity contribution in [2.75, 3.05) is 6.54 Å². The van der Waals surface area contributed by atoms with E-state index in [2.05, 4.69) is 31.0 Å². The Hall–Kier alpha value is -0.570. The van der Waals surface area contributed by atoms with Crippen LogP contribution in [0.15, 0.2) is 0 Å². The molecule has 3 heteroatoms. The third kappa shape index (κ3) is 3.75. The molecule has 1 N–H and O–H groups in total. The first-order valence-corrected chi connectivity index (χ1v) is 8.68. The predicted molar refractivity (Wildman–Crippen MR) is 83.4 cm³/mol. The molecule has 2 fully saturated rings. The van der Waals surface area contributed by atoms with E-state index in [4.69, 9.17) is 0 Å². The number of carbonyl (C=O) groups excluding carboxylic acids is 1. The molecule has 1 amide bonds. The van der Waals surface area contributed by atoms with Crippen molar-refractivity contribution in [3.05, 3.63) is 0 Å². The number of rotatable bonds is 9. The first kappa shape index (κ1) is 15.8. The molecule has 0 aromatic carbocycles. The lowest BCUT2D eigenvalue weighted by Crippen LogP contribution is -2.39. The molecule has 116 valence electrons. The van der Waals surface area contributed by atoms with Crippen LogP contribution in [0.25, 0.3) is 0 Å². The lowest BCUT2D eigenvalue weighted by molar-refractivity contribution is -0.131. The molecular weight excluding hydrogens is 248 g/mol. The summed E-state index contributed by atoms with van der Waals surface area (Å²) in [5.41, 5.74) is -0.137. The Morgan fingerprint density at radius 3 is 2.45 bits per heavy atom. The Morgan fingerprint density at radius 2 is 1.85 bits per heavy atom. The molecule has 0 aromatic heterocycles. The van der Waals surface area contributed by atoms with Crippen LogP contribution >= 0.6 is 0 Å². The van der Waals surface area contributed by atoms with Crippen molar-refractivity contribution in [2.45, 2.75) is 90.3 Å². The van der Waals surface area contributed by atoms with E-state index >= 15 is 0 Å². The summed E-state index contributed by atoms with van der Waals surface area (Å²) in [6.07, 6.45) is 11.2. The number of unbranched alkanes of at least 4 members (excludes halogenated alkanes) is 5. The van der Waals surface area contributed by atoms with Gasteiger partial charge in [-0.1, -0.05) is 52.9 Å². The van der Waals surface area contributed by atoms with Gasteiger partial charge in [0, 0.05) is 6.54 Å². The van der Waals surface area contributed by atoms with E-state index in [0.29, 0.717) is 18.0 Å². The molecule has 1 saturated heterocycles. The highest BCUT2D eigenvalue weighted by Crippen LogP contribution is 2.43. The topological polar surface area (TPSA) is 32.3 Å². The predicted octanol–water partition coefficient (Wildman–Crippen LogP) is 3.68. The largest absolute Gasteiger partial charge is 0.326 e. The molecule has 20 heavy (non-hydrogen) atoms. The minimum absolute atomic E-state index is 0.137. The van der Waals surface area contributed by atoms with Crippen LogP contribution in [0.3, 0.4) is 0 Å². The van der Waals surface area contributed by atoms with E-state index in [1.54, 1.807) is 0 Å². The Morgan fingerprint density at radius 1 is 1.20 bits per heavy atom. The summed E-state index contributed by atoms with van der Waals surface area (Å²) < 4.78 is 0. The van der Waals surface area contributed by atoms with Gasteiger partial charge >= 0.3 is 0 Å². The van der Waals surface area contributed by atoms with Crippen LogP contribution < -0.4 is 5.32 Å². The van der Waals surface area contributed by atoms with Crippen molar-refractivity contribution < 1.29 is 4.79 Å². The molecule has 1 aliphatic carbocycles. The van der Waals surface area contributed by atoms with Gasteiger partial charge < -0.3 is 4.90 Å². The average molecular weight is 280 g/mol. The van der Waals surface area contributed by atoms with Crippen LogP contribution in [-0.2, 0) is 4.79 Å². The summed E-state index contributed by atoms with van der Waals surface area (Å²) in [5, 5.41) is 3.61. The molecule has 2 rings (SSSR count). The minimum Gasteiger partial charge on any atom is -0.326 e. The molecule has 1 unspecified atom stereocenters. The molecule has 1 spiro atoms. The third-order valence-corrected chi connectivity index (χ3v) is 4.69. The molecular formula is C17H32N2O. The molecule has 0 bridgehead atoms. The van der Waals surface area contributed by atoms with Crippen LogP contribution in [0.5, 0.6) is 0 Å². The second-order valence-electron chi connectivity index (χ2n) is 7.14. The van der Waals surface area contributed by atoms with E-state index in [-0.39, 0.29) is 5.54 Å². The Balaban J connectivity index is 1.76. The van der Waals surface area contributed by atoms with Gasteiger partial charge in [0.2, 0.25) is 5.91 Å². The van der Waals surface area contributed by atoms with E-state index in [0.717, 1.165) is 25.8 Å². The Labute approximate surface area is 124 Å². The molecule has 1 atom stereocenters. The van der Waals surface area contributed by atoms with Gasteiger partial charge in [0.25, 0.3) is 0 Å². The lowest BCUT2D eigenvalue weighted by Gasteiger charge is -2.25. The minimum atomic E-state index is -0.137. The Kier molecular flexibility index (Phi) is 5.48. The molecule has 2 aliphatic rings. The summed E-state index contributed by atoms with van der Waals surface area (Å²) >= 11 is 0. The first-order chi connectivity index (χ1) is 9.59. The highest BCUT2D eigenvalue weighted by molar-refractivity contribution is 5.91. The van der Waals surface area contributed by atoms with E-state index in [1.807, 2.05) is 0 Å². The van der Waals surface area contributed by atoms with Gasteiger partial charge in [0.1, 0.15) is 0 Å². The molecule has 1 saturated carbocycles. The fourth-order valence-corrected chi connectivity index (χ4v) is 3.31. The molecule has 1 aliphatic heterocycles. The second-order valence-corrected chi connectivity index (χ2v) is 7.14. The highest BCUT2D eigenvalue weighted by atomic mass is 16.2. The van der Waals surface area contributed by atoms with Crippen LogP contribution in [0.1, 0.15) is 78.6 Å². The normalized spacial score (nSPS) is 24.1. The van der Waals surface area contributed by atoms with Gasteiger partial charge in [0.05, 0.1) is 11.7 Å². The van der Waals surface area contributed by atoms with Gasteiger partial charge in [0.15, 0.2) is 0 Å². The highest BCUT2D eigenvalue weighted by Gasteiger charge is 2.58. The van der Waals surface area contributed by atoms with E-state index < -0.39 is 0 Å². The summed E-state index contributed by atoms with van der Waals surface area (Å²) in [6.45, 7) is 7.69. The van der Waals surface area contributed by atoms with Crippen molar-refractivity contribution in [3.8, 4) is 0 Å². The van der Waals surface area contributed by atoms with Crippen LogP contribution in [-0.4, -0.2) is 29.1 Å². The number of nitrogens with zero attached hydrogens (tertiary/aromatic N) is 1. The quantitative estimate of drug-likeness (QED) is 0.653. The number of amides is 1. The third-order valence-electron chi connectivity index (χ3n) is 4.69. The molecule has 0 aromatic rings. The molecule has 3 nitrogen and oxygen atoms in total. The SMILES string of the molecule is CCCCCCCCN1C(=O)C2(CC2)NC1CC(C)C. The maximum atomic E-state index is 12.5. The lowest BCUT2D eigenvalue weighted by atomic mass is 10.1. The summed E-state index contributed by atoms with van der Waals surface area (Å²) in [5.74, 6) is 1.03. The molecule has 0 radical (unpaired) electrons. The van der Waals surface area contributed by atoms with Gasteiger partial charge in [-0.2, -0.15) is 0 Å². The standard InChI is InChI=1S/C17H32N2O/c1-4-5-6-7-8-9-12-19-15(13-14(2)3)18-17(10-11-17)16(19)20/h14-15,18H,4-13H2,1-3H3. The van der Waals surface area contributed by atoms with E-state index in [9.17, 15) is 4.79 Å². The summed E-state index contributed by atoms with van der Waals surface area (Å²) in [6, 6.07) is 0. The number of hydrogen-bond donors (Lipinski definition) is 1. The van der Waals surface area contributed by atoms with Gasteiger partial charge in [-0.15, -0.1) is 0 Å². The van der Waals surface area contributed by atoms with Gasteiger partial charge in [-0.25, -0.2) is 0 Å². The number of hydrogen-bond acceptors (Lipinski definition) is 2. The maximum absolute atomic E-state index is 12.5. The second kappa shape index (κ2) is 6.93.